The highest BCUT2D eigenvalue weighted by Crippen LogP contribution is 2.29. The Bertz CT molecular complexity index is 1030. The van der Waals surface area contributed by atoms with Crippen LogP contribution in [0.15, 0.2) is 38.0 Å². The summed E-state index contributed by atoms with van der Waals surface area (Å²) in [7, 11) is 0. The van der Waals surface area contributed by atoms with Gasteiger partial charge in [0.05, 0.1) is 21.8 Å². The third kappa shape index (κ3) is 3.45. The van der Waals surface area contributed by atoms with E-state index in [1.165, 1.54) is 10.6 Å². The van der Waals surface area contributed by atoms with Gasteiger partial charge >= 0.3 is 5.69 Å². The summed E-state index contributed by atoms with van der Waals surface area (Å²) in [6, 6.07) is 1.39. The Balaban J connectivity index is 3.15. The van der Waals surface area contributed by atoms with Crippen molar-refractivity contribution >= 4 is 46.6 Å². The standard InChI is InChI=1S/C17H18Cl2N4O2/c1-6-9(4)13(12(20-5)8(2)3)23-15-10(16(24)22-17(23)25)7-11(18)14(19)21-15/h6-8H,5H2,1-4H3,(H,22,24,25)/b9-6-,13-12+. The highest BCUT2D eigenvalue weighted by Gasteiger charge is 2.20. The zero-order chi connectivity index (χ0) is 18.9. The van der Waals surface area contributed by atoms with Crippen LogP contribution in [0.4, 0.5) is 0 Å². The fraction of sp³-hybridized carbons (Fsp3) is 0.294. The number of halogens is 2. The average molecular weight is 381 g/mol. The first-order valence-corrected chi connectivity index (χ1v) is 8.34. The van der Waals surface area contributed by atoms with Crippen LogP contribution in [-0.2, 0) is 0 Å². The molecule has 0 amide bonds. The second-order valence-electron chi connectivity index (χ2n) is 5.75. The van der Waals surface area contributed by atoms with Gasteiger partial charge in [0.25, 0.3) is 5.56 Å². The minimum atomic E-state index is -0.638. The van der Waals surface area contributed by atoms with E-state index in [4.69, 9.17) is 23.2 Å². The molecule has 2 heterocycles. The van der Waals surface area contributed by atoms with Crippen molar-refractivity contribution < 1.29 is 0 Å². The summed E-state index contributed by atoms with van der Waals surface area (Å²) in [6.45, 7) is 11.2. The van der Waals surface area contributed by atoms with Crippen molar-refractivity contribution in [3.63, 3.8) is 0 Å². The molecule has 1 N–H and O–H groups in total. The number of H-pyrrole nitrogens is 1. The third-order valence-corrected chi connectivity index (χ3v) is 4.46. The Morgan fingerprint density at radius 3 is 2.56 bits per heavy atom. The van der Waals surface area contributed by atoms with Crippen LogP contribution in [0.1, 0.15) is 27.7 Å². The van der Waals surface area contributed by atoms with Crippen molar-refractivity contribution in [3.05, 3.63) is 54.4 Å². The molecule has 0 atom stereocenters. The van der Waals surface area contributed by atoms with E-state index in [2.05, 4.69) is 21.7 Å². The molecule has 0 bridgehead atoms. The first-order chi connectivity index (χ1) is 11.7. The third-order valence-electron chi connectivity index (χ3n) is 3.78. The van der Waals surface area contributed by atoms with Crippen LogP contribution in [0.5, 0.6) is 0 Å². The number of aliphatic imine (C=N–C) groups is 1. The van der Waals surface area contributed by atoms with Crippen molar-refractivity contribution in [1.82, 2.24) is 14.5 Å². The fourth-order valence-electron chi connectivity index (χ4n) is 2.48. The van der Waals surface area contributed by atoms with Crippen molar-refractivity contribution in [1.29, 1.82) is 0 Å². The number of pyridine rings is 1. The predicted molar refractivity (Wildman–Crippen MR) is 104 cm³/mol. The van der Waals surface area contributed by atoms with Crippen LogP contribution in [0.3, 0.4) is 0 Å². The summed E-state index contributed by atoms with van der Waals surface area (Å²) < 4.78 is 1.29. The molecule has 0 aliphatic carbocycles. The monoisotopic (exact) mass is 380 g/mol. The topological polar surface area (TPSA) is 80.1 Å². The van der Waals surface area contributed by atoms with Crippen molar-refractivity contribution in [2.45, 2.75) is 27.7 Å². The number of rotatable bonds is 4. The Kier molecular flexibility index (Phi) is 5.65. The summed E-state index contributed by atoms with van der Waals surface area (Å²) in [4.78, 5) is 35.3. The fourth-order valence-corrected chi connectivity index (χ4v) is 2.77. The molecule has 2 aromatic rings. The number of fused-ring (bicyclic) bond motifs is 1. The number of nitrogens with zero attached hydrogens (tertiary/aromatic N) is 3. The molecule has 0 radical (unpaired) electrons. The zero-order valence-electron chi connectivity index (χ0n) is 14.4. The van der Waals surface area contributed by atoms with Gasteiger partial charge in [-0.3, -0.25) is 14.8 Å². The second-order valence-corrected chi connectivity index (χ2v) is 6.51. The van der Waals surface area contributed by atoms with Gasteiger partial charge in [-0.15, -0.1) is 0 Å². The highest BCUT2D eigenvalue weighted by molar-refractivity contribution is 6.41. The molecule has 0 aromatic carbocycles. The van der Waals surface area contributed by atoms with Crippen LogP contribution in [0.25, 0.3) is 16.7 Å². The van der Waals surface area contributed by atoms with Crippen LogP contribution in [0.2, 0.25) is 10.2 Å². The molecule has 0 saturated carbocycles. The molecule has 0 aliphatic heterocycles. The Hall–Kier alpha value is -2.18. The number of aromatic nitrogens is 3. The van der Waals surface area contributed by atoms with Crippen LogP contribution in [-0.4, -0.2) is 21.3 Å². The van der Waals surface area contributed by atoms with Gasteiger partial charge in [-0.25, -0.2) is 14.3 Å². The van der Waals surface area contributed by atoms with E-state index < -0.39 is 11.2 Å². The van der Waals surface area contributed by atoms with Gasteiger partial charge in [-0.05, 0) is 38.1 Å². The number of aromatic amines is 1. The summed E-state index contributed by atoms with van der Waals surface area (Å²) in [5.41, 5.74) is 0.767. The molecular formula is C17H18Cl2N4O2. The Morgan fingerprint density at radius 1 is 1.40 bits per heavy atom. The van der Waals surface area contributed by atoms with Gasteiger partial charge in [-0.2, -0.15) is 0 Å². The lowest BCUT2D eigenvalue weighted by Crippen LogP contribution is -2.31. The quantitative estimate of drug-likeness (QED) is 0.496. The number of allylic oxidation sites excluding steroid dienone is 4. The molecule has 2 rings (SSSR count). The highest BCUT2D eigenvalue weighted by atomic mass is 35.5. The van der Waals surface area contributed by atoms with Gasteiger partial charge < -0.3 is 0 Å². The maximum Gasteiger partial charge on any atom is 0.334 e. The minimum Gasteiger partial charge on any atom is -0.273 e. The number of hydrogen-bond acceptors (Lipinski definition) is 4. The molecule has 6 nitrogen and oxygen atoms in total. The van der Waals surface area contributed by atoms with E-state index in [0.717, 1.165) is 5.57 Å². The Labute approximate surface area is 154 Å². The molecule has 2 aromatic heterocycles. The first kappa shape index (κ1) is 19.1. The zero-order valence-corrected chi connectivity index (χ0v) is 15.9. The molecule has 0 saturated heterocycles. The lowest BCUT2D eigenvalue weighted by atomic mass is 10.0. The smallest absolute Gasteiger partial charge is 0.273 e. The minimum absolute atomic E-state index is 0.00283. The van der Waals surface area contributed by atoms with Gasteiger partial charge in [0.1, 0.15) is 5.15 Å². The van der Waals surface area contributed by atoms with E-state index in [0.29, 0.717) is 11.4 Å². The lowest BCUT2D eigenvalue weighted by molar-refractivity contribution is 0.750. The molecule has 0 spiro atoms. The normalized spacial score (nSPS) is 13.3. The first-order valence-electron chi connectivity index (χ1n) is 7.58. The summed E-state index contributed by atoms with van der Waals surface area (Å²) in [5, 5.41) is 0.287. The van der Waals surface area contributed by atoms with Crippen LogP contribution in [0, 0.1) is 5.92 Å². The number of nitrogens with one attached hydrogen (secondary N) is 1. The van der Waals surface area contributed by atoms with Gasteiger partial charge in [0.2, 0.25) is 0 Å². The van der Waals surface area contributed by atoms with Gasteiger partial charge in [0.15, 0.2) is 5.65 Å². The SMILES string of the molecule is C=N/C(=C(\C(C)=C/C)n1c(=O)[nH]c(=O)c2cc(Cl)c(Cl)nc21)C(C)C. The van der Waals surface area contributed by atoms with Crippen LogP contribution >= 0.6 is 23.2 Å². The second kappa shape index (κ2) is 7.37. The van der Waals surface area contributed by atoms with Crippen molar-refractivity contribution in [2.24, 2.45) is 10.9 Å². The lowest BCUT2D eigenvalue weighted by Gasteiger charge is -2.18. The molecule has 0 fully saturated rings. The van der Waals surface area contributed by atoms with E-state index in [1.807, 2.05) is 33.8 Å². The summed E-state index contributed by atoms with van der Waals surface area (Å²) in [5.74, 6) is -0.0148. The largest absolute Gasteiger partial charge is 0.334 e. The molecule has 0 unspecified atom stereocenters. The predicted octanol–water partition coefficient (Wildman–Crippen LogP) is 3.88. The van der Waals surface area contributed by atoms with Gasteiger partial charge in [-0.1, -0.05) is 43.1 Å². The Morgan fingerprint density at radius 2 is 2.04 bits per heavy atom. The van der Waals surface area contributed by atoms with E-state index >= 15 is 0 Å². The molecule has 25 heavy (non-hydrogen) atoms. The summed E-state index contributed by atoms with van der Waals surface area (Å²) in [6.07, 6.45) is 1.84. The maximum absolute atomic E-state index is 12.6. The van der Waals surface area contributed by atoms with E-state index in [-0.39, 0.29) is 27.1 Å². The van der Waals surface area contributed by atoms with Crippen LogP contribution < -0.4 is 11.2 Å². The molecular weight excluding hydrogens is 363 g/mol. The molecule has 0 aliphatic rings. The van der Waals surface area contributed by atoms with Crippen molar-refractivity contribution in [2.75, 3.05) is 0 Å². The number of hydrogen-bond donors (Lipinski definition) is 1. The van der Waals surface area contributed by atoms with Crippen molar-refractivity contribution in [3.8, 4) is 0 Å². The van der Waals surface area contributed by atoms with E-state index in [1.54, 1.807) is 0 Å². The maximum atomic E-state index is 12.6. The van der Waals surface area contributed by atoms with E-state index in [9.17, 15) is 9.59 Å². The molecule has 8 heteroatoms. The van der Waals surface area contributed by atoms with Gasteiger partial charge in [0, 0.05) is 0 Å². The summed E-state index contributed by atoms with van der Waals surface area (Å²) >= 11 is 12.0. The molecule has 132 valence electrons. The average Bonchev–Trinajstić information content (AvgIpc) is 2.55.